The summed E-state index contributed by atoms with van der Waals surface area (Å²) >= 11 is 1.48. The molecule has 4 rings (SSSR count). The lowest BCUT2D eigenvalue weighted by Crippen LogP contribution is -2.52. The van der Waals surface area contributed by atoms with E-state index in [1.54, 1.807) is 0 Å². The van der Waals surface area contributed by atoms with Crippen molar-refractivity contribution in [1.82, 2.24) is 9.80 Å². The zero-order valence-corrected chi connectivity index (χ0v) is 18.3. The largest absolute Gasteiger partial charge is 0.368 e. The fourth-order valence-electron chi connectivity index (χ4n) is 4.57. The monoisotopic (exact) mass is 434 g/mol. The van der Waals surface area contributed by atoms with Gasteiger partial charge >= 0.3 is 0 Å². The average molecular weight is 435 g/mol. The summed E-state index contributed by atoms with van der Waals surface area (Å²) in [5.41, 5.74) is 7.14. The Morgan fingerprint density at radius 2 is 1.97 bits per heavy atom. The second kappa shape index (κ2) is 9.03. The first kappa shape index (κ1) is 21.3. The number of carbonyl (C=O) groups is 3. The summed E-state index contributed by atoms with van der Waals surface area (Å²) in [4.78, 5) is 42.2. The van der Waals surface area contributed by atoms with Crippen LogP contribution in [0, 0.1) is 5.92 Å². The quantitative estimate of drug-likeness (QED) is 0.725. The van der Waals surface area contributed by atoms with Gasteiger partial charge in [-0.3, -0.25) is 19.3 Å². The predicted octanol–water partition coefficient (Wildman–Crippen LogP) is 1.23. The van der Waals surface area contributed by atoms with E-state index in [9.17, 15) is 14.4 Å². The van der Waals surface area contributed by atoms with Gasteiger partial charge in [-0.05, 0) is 43.6 Å². The van der Waals surface area contributed by atoms with Crippen molar-refractivity contribution in [2.45, 2.75) is 45.1 Å². The smallest absolute Gasteiger partial charge is 0.251 e. The van der Waals surface area contributed by atoms with Crippen molar-refractivity contribution in [3.05, 3.63) is 16.0 Å². The topological polar surface area (TPSA) is 105 Å². The third-order valence-corrected chi connectivity index (χ3v) is 7.44. The van der Waals surface area contributed by atoms with Crippen molar-refractivity contribution in [2.24, 2.45) is 11.7 Å². The first-order valence-electron chi connectivity index (χ1n) is 10.8. The van der Waals surface area contributed by atoms with Crippen molar-refractivity contribution < 1.29 is 19.1 Å². The molecule has 2 saturated heterocycles. The molecule has 9 heteroatoms. The third-order valence-electron chi connectivity index (χ3n) is 6.27. The Morgan fingerprint density at radius 1 is 1.20 bits per heavy atom. The number of rotatable bonds is 5. The van der Waals surface area contributed by atoms with Crippen LogP contribution in [0.25, 0.3) is 0 Å². The summed E-state index contributed by atoms with van der Waals surface area (Å²) in [6.07, 6.45) is 4.24. The number of piperazine rings is 1. The molecule has 30 heavy (non-hydrogen) atoms. The second-order valence-electron chi connectivity index (χ2n) is 8.57. The van der Waals surface area contributed by atoms with Gasteiger partial charge in [-0.1, -0.05) is 6.92 Å². The minimum atomic E-state index is -0.474. The summed E-state index contributed by atoms with van der Waals surface area (Å²) in [6.45, 7) is 5.59. The molecule has 3 amide bonds. The van der Waals surface area contributed by atoms with Gasteiger partial charge in [-0.15, -0.1) is 11.3 Å². The Hall–Kier alpha value is -1.97. The number of nitrogens with zero attached hydrogens (tertiary/aromatic N) is 2. The Labute approximate surface area is 180 Å². The number of nitrogens with two attached hydrogens (primary N) is 1. The van der Waals surface area contributed by atoms with E-state index in [4.69, 9.17) is 10.5 Å². The van der Waals surface area contributed by atoms with Crippen LogP contribution in [0.2, 0.25) is 0 Å². The fourth-order valence-corrected chi connectivity index (χ4v) is 6.00. The van der Waals surface area contributed by atoms with Crippen molar-refractivity contribution >= 4 is 34.1 Å². The van der Waals surface area contributed by atoms with E-state index >= 15 is 0 Å². The van der Waals surface area contributed by atoms with Gasteiger partial charge in [0, 0.05) is 37.7 Å². The lowest BCUT2D eigenvalue weighted by molar-refractivity contribution is -0.142. The molecule has 3 N–H and O–H groups in total. The lowest BCUT2D eigenvalue weighted by Gasteiger charge is -2.35. The molecule has 3 heterocycles. The molecule has 0 aromatic carbocycles. The molecular weight excluding hydrogens is 404 g/mol. The number of fused-ring (bicyclic) bond motifs is 1. The van der Waals surface area contributed by atoms with E-state index in [1.165, 1.54) is 16.2 Å². The van der Waals surface area contributed by atoms with Gasteiger partial charge in [0.15, 0.2) is 0 Å². The van der Waals surface area contributed by atoms with Crippen molar-refractivity contribution in [3.8, 4) is 0 Å². The maximum Gasteiger partial charge on any atom is 0.251 e. The van der Waals surface area contributed by atoms with Gasteiger partial charge in [0.25, 0.3) is 11.8 Å². The predicted molar refractivity (Wildman–Crippen MR) is 115 cm³/mol. The molecule has 1 aromatic rings. The lowest BCUT2D eigenvalue weighted by atomic mass is 9.88. The van der Waals surface area contributed by atoms with E-state index in [1.807, 2.05) is 9.80 Å². The fraction of sp³-hybridized carbons (Fsp3) is 0.667. The highest BCUT2D eigenvalue weighted by Gasteiger charge is 2.31. The maximum absolute atomic E-state index is 12.7. The molecule has 164 valence electrons. The highest BCUT2D eigenvalue weighted by molar-refractivity contribution is 7.17. The van der Waals surface area contributed by atoms with Crippen LogP contribution in [0.3, 0.4) is 0 Å². The van der Waals surface area contributed by atoms with E-state index in [2.05, 4.69) is 12.2 Å². The highest BCUT2D eigenvalue weighted by atomic mass is 32.1. The number of thiophene rings is 1. The summed E-state index contributed by atoms with van der Waals surface area (Å²) in [5, 5.41) is 3.51. The number of anilines is 1. The Balaban J connectivity index is 1.32. The Kier molecular flexibility index (Phi) is 6.40. The van der Waals surface area contributed by atoms with Gasteiger partial charge < -0.3 is 20.7 Å². The van der Waals surface area contributed by atoms with Gasteiger partial charge in [0.1, 0.15) is 11.1 Å². The van der Waals surface area contributed by atoms with E-state index in [0.717, 1.165) is 37.7 Å². The minimum Gasteiger partial charge on any atom is -0.368 e. The van der Waals surface area contributed by atoms with E-state index in [0.29, 0.717) is 49.3 Å². The molecule has 0 radical (unpaired) electrons. The minimum absolute atomic E-state index is 0.0705. The van der Waals surface area contributed by atoms with Crippen molar-refractivity contribution in [1.29, 1.82) is 0 Å². The number of hydrogen-bond donors (Lipinski definition) is 2. The molecule has 0 saturated carbocycles. The maximum atomic E-state index is 12.7. The number of primary amides is 1. The first-order valence-corrected chi connectivity index (χ1v) is 11.6. The van der Waals surface area contributed by atoms with Crippen LogP contribution >= 0.6 is 11.3 Å². The standard InChI is InChI=1S/C21H30N4O4S/c1-13-4-5-14-16(11-13)30-20(18(14)19(22)27)23-17(26)12-24-6-8-25(9-7-24)21(28)15-3-2-10-29-15/h13,15H,2-12H2,1H3,(H2,22,27)(H,23,26)/t13-,15+/m0/s1. The molecule has 2 aliphatic heterocycles. The number of nitrogens with one attached hydrogen (secondary N) is 1. The molecule has 0 unspecified atom stereocenters. The number of carbonyl (C=O) groups excluding carboxylic acids is 3. The van der Waals surface area contributed by atoms with Gasteiger partial charge in [-0.2, -0.15) is 0 Å². The molecule has 2 fully saturated rings. The van der Waals surface area contributed by atoms with Crippen LogP contribution in [0.15, 0.2) is 0 Å². The molecule has 1 aromatic heterocycles. The summed E-state index contributed by atoms with van der Waals surface area (Å²) in [5.74, 6) is 0.0248. The SMILES string of the molecule is C[C@H]1CCc2c(sc(NC(=O)CN3CCN(C(=O)[C@H]4CCCO4)CC3)c2C(N)=O)C1. The van der Waals surface area contributed by atoms with Crippen LogP contribution in [0.5, 0.6) is 0 Å². The van der Waals surface area contributed by atoms with Crippen LogP contribution in [0.1, 0.15) is 47.0 Å². The number of ether oxygens (including phenoxy) is 1. The van der Waals surface area contributed by atoms with Crippen LogP contribution < -0.4 is 11.1 Å². The molecule has 0 spiro atoms. The van der Waals surface area contributed by atoms with Gasteiger partial charge in [0.05, 0.1) is 12.1 Å². The molecule has 1 aliphatic carbocycles. The summed E-state index contributed by atoms with van der Waals surface area (Å²) < 4.78 is 5.49. The molecule has 3 aliphatic rings. The summed E-state index contributed by atoms with van der Waals surface area (Å²) in [7, 11) is 0. The Bertz CT molecular complexity index is 825. The normalized spacial score (nSPS) is 24.5. The summed E-state index contributed by atoms with van der Waals surface area (Å²) in [6, 6.07) is 0. The highest BCUT2D eigenvalue weighted by Crippen LogP contribution is 2.39. The van der Waals surface area contributed by atoms with Gasteiger partial charge in [0.2, 0.25) is 5.91 Å². The molecule has 8 nitrogen and oxygen atoms in total. The Morgan fingerprint density at radius 3 is 2.63 bits per heavy atom. The zero-order valence-electron chi connectivity index (χ0n) is 17.4. The van der Waals surface area contributed by atoms with Crippen LogP contribution in [0.4, 0.5) is 5.00 Å². The first-order chi connectivity index (χ1) is 14.4. The van der Waals surface area contributed by atoms with Gasteiger partial charge in [-0.25, -0.2) is 0 Å². The van der Waals surface area contributed by atoms with Crippen molar-refractivity contribution in [3.63, 3.8) is 0 Å². The molecule has 0 bridgehead atoms. The van der Waals surface area contributed by atoms with E-state index in [-0.39, 0.29) is 24.5 Å². The van der Waals surface area contributed by atoms with E-state index < -0.39 is 5.91 Å². The van der Waals surface area contributed by atoms with Crippen LogP contribution in [-0.4, -0.2) is 73.0 Å². The molecular formula is C21H30N4O4S. The van der Waals surface area contributed by atoms with Crippen LogP contribution in [-0.2, 0) is 27.2 Å². The molecule has 2 atom stereocenters. The second-order valence-corrected chi connectivity index (χ2v) is 9.68. The number of amides is 3. The van der Waals surface area contributed by atoms with Crippen molar-refractivity contribution in [2.75, 3.05) is 44.6 Å². The zero-order chi connectivity index (χ0) is 21.3. The third kappa shape index (κ3) is 4.53. The average Bonchev–Trinajstić information content (AvgIpc) is 3.35. The number of hydrogen-bond acceptors (Lipinski definition) is 6.